The summed E-state index contributed by atoms with van der Waals surface area (Å²) in [4.78, 5) is 40.2. The van der Waals surface area contributed by atoms with Crippen molar-refractivity contribution in [1.29, 1.82) is 0 Å². The number of Topliss-reactive ketones (excluding diaryl/α,β-unsaturated/α-hetero) is 2. The van der Waals surface area contributed by atoms with E-state index in [0.717, 1.165) is 0 Å². The van der Waals surface area contributed by atoms with E-state index in [9.17, 15) is 39.9 Å². The van der Waals surface area contributed by atoms with Crippen LogP contribution in [-0.2, 0) is 14.4 Å². The maximum absolute atomic E-state index is 13.8. The number of halogens is 1. The number of nitrogens with two attached hydrogens (primary N) is 2. The molecule has 1 aromatic carbocycles. The summed E-state index contributed by atoms with van der Waals surface area (Å²) in [6.07, 6.45) is -1.64. The Kier molecular flexibility index (Phi) is 5.36. The monoisotopic (exact) mass is 537 g/mol. The minimum absolute atomic E-state index is 0.105. The number of anilines is 1. The van der Waals surface area contributed by atoms with Gasteiger partial charge in [-0.25, -0.2) is 0 Å². The average molecular weight is 538 g/mol. The van der Waals surface area contributed by atoms with Gasteiger partial charge in [-0.05, 0) is 47.6 Å². The predicted molar refractivity (Wildman–Crippen MR) is 122 cm³/mol. The number of phenols is 1. The van der Waals surface area contributed by atoms with E-state index in [4.69, 9.17) is 11.5 Å². The Morgan fingerprint density at radius 2 is 1.79 bits per heavy atom. The molecule has 0 heterocycles. The summed E-state index contributed by atoms with van der Waals surface area (Å²) in [5.74, 6) is -9.50. The van der Waals surface area contributed by atoms with E-state index in [1.807, 2.05) is 0 Å². The van der Waals surface area contributed by atoms with Crippen LogP contribution >= 0.6 is 15.9 Å². The molecular weight excluding hydrogens is 514 g/mol. The van der Waals surface area contributed by atoms with Gasteiger partial charge in [0.15, 0.2) is 17.1 Å². The molecule has 3 aliphatic carbocycles. The van der Waals surface area contributed by atoms with E-state index in [0.29, 0.717) is 10.0 Å². The zero-order valence-electron chi connectivity index (χ0n) is 18.4. The summed E-state index contributed by atoms with van der Waals surface area (Å²) in [6.45, 7) is 1.64. The van der Waals surface area contributed by atoms with Crippen LogP contribution in [0.2, 0.25) is 0 Å². The number of carbonyl (C=O) groups excluding carboxylic acids is 3. The molecule has 0 spiro atoms. The zero-order chi connectivity index (χ0) is 25.6. The number of hydrogen-bond donors (Lipinski definition) is 7. The number of phenolic OH excluding ortho intramolecular Hbond substituents is 1. The number of nitrogen functional groups attached to an aromatic ring is 1. The summed E-state index contributed by atoms with van der Waals surface area (Å²) in [5.41, 5.74) is 6.86. The molecule has 1 fully saturated rings. The first kappa shape index (κ1) is 24.2. The van der Waals surface area contributed by atoms with Gasteiger partial charge in [0.25, 0.3) is 5.91 Å². The molecule has 4 rings (SSSR count). The van der Waals surface area contributed by atoms with E-state index in [2.05, 4.69) is 15.9 Å². The fraction of sp³-hybridized carbons (Fsp3) is 0.409. The van der Waals surface area contributed by atoms with E-state index in [1.165, 1.54) is 25.1 Å². The molecule has 12 heteroatoms. The number of aliphatic hydroxyl groups excluding tert-OH is 3. The van der Waals surface area contributed by atoms with Crippen molar-refractivity contribution in [3.8, 4) is 5.75 Å². The Bertz CT molecular complexity index is 1240. The third-order valence-electron chi connectivity index (χ3n) is 7.24. The number of rotatable bonds is 2. The molecule has 1 aromatic rings. The lowest BCUT2D eigenvalue weighted by Gasteiger charge is -2.53. The van der Waals surface area contributed by atoms with Crippen LogP contribution in [0.4, 0.5) is 5.69 Å². The van der Waals surface area contributed by atoms with Crippen molar-refractivity contribution in [3.63, 3.8) is 0 Å². The smallest absolute Gasteiger partial charge is 0.255 e. The van der Waals surface area contributed by atoms with Gasteiger partial charge >= 0.3 is 0 Å². The highest BCUT2D eigenvalue weighted by atomic mass is 79.9. The molecule has 3 aliphatic rings. The van der Waals surface area contributed by atoms with Crippen molar-refractivity contribution in [1.82, 2.24) is 4.90 Å². The van der Waals surface area contributed by atoms with Crippen molar-refractivity contribution in [2.75, 3.05) is 19.8 Å². The summed E-state index contributed by atoms with van der Waals surface area (Å²) in [6, 6.07) is 0.143. The number of amides is 1. The molecule has 0 bridgehead atoms. The lowest BCUT2D eigenvalue weighted by Crippen LogP contribution is -2.70. The maximum atomic E-state index is 13.8. The van der Waals surface area contributed by atoms with Crippen molar-refractivity contribution in [2.45, 2.75) is 30.6 Å². The van der Waals surface area contributed by atoms with Gasteiger partial charge < -0.3 is 37.0 Å². The molecule has 0 aliphatic heterocycles. The van der Waals surface area contributed by atoms with Crippen molar-refractivity contribution in [2.24, 2.45) is 17.6 Å². The van der Waals surface area contributed by atoms with Crippen LogP contribution in [-0.4, -0.2) is 79.7 Å². The van der Waals surface area contributed by atoms with Crippen LogP contribution in [0.25, 0.3) is 5.76 Å². The number of nitrogens with zero attached hydrogens (tertiary/aromatic N) is 1. The van der Waals surface area contributed by atoms with Gasteiger partial charge in [-0.1, -0.05) is 6.92 Å². The van der Waals surface area contributed by atoms with Gasteiger partial charge in [-0.2, -0.15) is 0 Å². The number of benzene rings is 1. The van der Waals surface area contributed by atoms with Crippen molar-refractivity contribution in [3.05, 3.63) is 38.6 Å². The molecule has 0 saturated heterocycles. The van der Waals surface area contributed by atoms with Crippen molar-refractivity contribution >= 4 is 44.9 Å². The molecule has 1 amide bonds. The van der Waals surface area contributed by atoms with Gasteiger partial charge in [0.2, 0.25) is 5.78 Å². The SMILES string of the molecule is CC1c2cc(Br)c(N)c(O)c2C(O)=C2C(=O)C3(O)C(O)=C(C(N)=O)C(=O)C(N(C)C)C3C(O)C21. The second kappa shape index (κ2) is 7.54. The van der Waals surface area contributed by atoms with Gasteiger partial charge in [-0.15, -0.1) is 0 Å². The Balaban J connectivity index is 2.08. The molecule has 34 heavy (non-hydrogen) atoms. The predicted octanol–water partition coefficient (Wildman–Crippen LogP) is -0.159. The topological polar surface area (TPSA) is 208 Å². The van der Waals surface area contributed by atoms with E-state index in [1.54, 1.807) is 6.92 Å². The Morgan fingerprint density at radius 3 is 2.32 bits per heavy atom. The molecule has 0 aromatic heterocycles. The van der Waals surface area contributed by atoms with Gasteiger partial charge in [0.05, 0.1) is 29.3 Å². The normalized spacial score (nSPS) is 33.1. The Hall–Kier alpha value is -2.93. The number of ketones is 2. The van der Waals surface area contributed by atoms with Gasteiger partial charge in [0.1, 0.15) is 17.1 Å². The number of aliphatic hydroxyl groups is 4. The summed E-state index contributed by atoms with van der Waals surface area (Å²) < 4.78 is 0.325. The molecule has 0 radical (unpaired) electrons. The number of fused-ring (bicyclic) bond motifs is 3. The van der Waals surface area contributed by atoms with Crippen molar-refractivity contribution < 1.29 is 39.9 Å². The van der Waals surface area contributed by atoms with Crippen LogP contribution in [0, 0.1) is 11.8 Å². The fourth-order valence-electron chi connectivity index (χ4n) is 5.66. The third kappa shape index (κ3) is 2.76. The second-order valence-electron chi connectivity index (χ2n) is 9.13. The largest absolute Gasteiger partial charge is 0.508 e. The zero-order valence-corrected chi connectivity index (χ0v) is 20.0. The lowest BCUT2D eigenvalue weighted by atomic mass is 9.54. The molecule has 6 unspecified atom stereocenters. The quantitative estimate of drug-likeness (QED) is 0.150. The second-order valence-corrected chi connectivity index (χ2v) is 9.99. The molecule has 1 saturated carbocycles. The first-order valence-electron chi connectivity index (χ1n) is 10.3. The third-order valence-corrected chi connectivity index (χ3v) is 7.90. The van der Waals surface area contributed by atoms with Crippen LogP contribution in [0.1, 0.15) is 24.0 Å². The Morgan fingerprint density at radius 1 is 1.21 bits per heavy atom. The molecule has 9 N–H and O–H groups in total. The molecule has 6 atom stereocenters. The number of hydrogen-bond acceptors (Lipinski definition) is 10. The first-order chi connectivity index (χ1) is 15.7. The van der Waals surface area contributed by atoms with Crippen LogP contribution < -0.4 is 11.5 Å². The fourth-order valence-corrected chi connectivity index (χ4v) is 6.09. The van der Waals surface area contributed by atoms with Gasteiger partial charge in [0, 0.05) is 16.0 Å². The minimum atomic E-state index is -2.94. The highest BCUT2D eigenvalue weighted by Crippen LogP contribution is 2.57. The summed E-state index contributed by atoms with van der Waals surface area (Å²) in [5, 5.41) is 55.6. The standard InChI is InChI=1S/C22H24BrN3O8/c1-5-6-4-7(23)13(24)17(29)9(6)15(27)10-8(5)16(28)12-14(26(2)3)18(30)11(21(25)33)20(32)22(12,34)19(10)31/h4-5,8,12,14,16,27-29,32,34H,24H2,1-3H3,(H2,25,33). The number of aromatic hydroxyl groups is 1. The summed E-state index contributed by atoms with van der Waals surface area (Å²) >= 11 is 3.23. The summed E-state index contributed by atoms with van der Waals surface area (Å²) in [7, 11) is 2.89. The number of carbonyl (C=O) groups is 3. The Labute approximate surface area is 202 Å². The molecule has 11 nitrogen and oxygen atoms in total. The average Bonchev–Trinajstić information content (AvgIpc) is 2.74. The highest BCUT2D eigenvalue weighted by Gasteiger charge is 2.68. The molecular formula is C22H24BrN3O8. The van der Waals surface area contributed by atoms with Crippen LogP contribution in [0.5, 0.6) is 5.75 Å². The lowest BCUT2D eigenvalue weighted by molar-refractivity contribution is -0.169. The van der Waals surface area contributed by atoms with Crippen LogP contribution in [0.15, 0.2) is 27.4 Å². The van der Waals surface area contributed by atoms with E-state index in [-0.39, 0.29) is 11.3 Å². The van der Waals surface area contributed by atoms with E-state index < -0.39 is 81.4 Å². The van der Waals surface area contributed by atoms with Crippen LogP contribution in [0.3, 0.4) is 0 Å². The van der Waals surface area contributed by atoms with E-state index >= 15 is 0 Å². The first-order valence-corrected chi connectivity index (χ1v) is 11.1. The minimum Gasteiger partial charge on any atom is -0.508 e. The maximum Gasteiger partial charge on any atom is 0.255 e. The van der Waals surface area contributed by atoms with Gasteiger partial charge in [-0.3, -0.25) is 19.3 Å². The number of primary amides is 1. The molecule has 182 valence electrons. The highest BCUT2D eigenvalue weighted by molar-refractivity contribution is 9.10. The number of likely N-dealkylation sites (N-methyl/N-ethyl adjacent to an activating group) is 1.